The molecule has 0 unspecified atom stereocenters. The van der Waals surface area contributed by atoms with E-state index in [0.29, 0.717) is 0 Å². The summed E-state index contributed by atoms with van der Waals surface area (Å²) in [7, 11) is 0. The number of benzene rings is 1. The second-order valence-corrected chi connectivity index (χ2v) is 7.14. The van der Waals surface area contributed by atoms with Crippen molar-refractivity contribution in [2.45, 2.75) is 58.3 Å². The summed E-state index contributed by atoms with van der Waals surface area (Å²) in [6.07, 6.45) is -5.18. The Morgan fingerprint density at radius 2 is 1.55 bits per heavy atom. The van der Waals surface area contributed by atoms with Crippen LogP contribution in [0, 0.1) is 0 Å². The third-order valence-electron chi connectivity index (χ3n) is 4.43. The van der Waals surface area contributed by atoms with Crippen LogP contribution < -0.4 is 10.1 Å². The van der Waals surface area contributed by atoms with E-state index in [2.05, 4.69) is 5.32 Å². The van der Waals surface area contributed by atoms with Crippen molar-refractivity contribution in [3.8, 4) is 5.75 Å². The van der Waals surface area contributed by atoms with Crippen molar-refractivity contribution < 1.29 is 52.8 Å². The molecule has 1 saturated heterocycles. The summed E-state index contributed by atoms with van der Waals surface area (Å²) in [4.78, 5) is 58.4. The van der Waals surface area contributed by atoms with Gasteiger partial charge in [-0.2, -0.15) is 0 Å². The van der Waals surface area contributed by atoms with Gasteiger partial charge in [0.2, 0.25) is 12.2 Å². The minimum absolute atomic E-state index is 0.0934. The molecule has 180 valence electrons. The van der Waals surface area contributed by atoms with Gasteiger partial charge in [0, 0.05) is 27.7 Å². The second kappa shape index (κ2) is 11.3. The van der Waals surface area contributed by atoms with Crippen LogP contribution in [0.15, 0.2) is 24.3 Å². The van der Waals surface area contributed by atoms with Crippen molar-refractivity contribution in [2.24, 2.45) is 0 Å². The van der Waals surface area contributed by atoms with Gasteiger partial charge in [-0.25, -0.2) is 4.79 Å². The number of hydrogen-bond acceptors (Lipinski definition) is 10. The summed E-state index contributed by atoms with van der Waals surface area (Å²) >= 11 is 0. The minimum Gasteiger partial charge on any atom is -0.478 e. The first kappa shape index (κ1) is 25.6. The van der Waals surface area contributed by atoms with Gasteiger partial charge in [0.05, 0.1) is 0 Å². The van der Waals surface area contributed by atoms with Gasteiger partial charge in [0.25, 0.3) is 0 Å². The number of amides is 1. The van der Waals surface area contributed by atoms with Crippen LogP contribution in [0.4, 0.5) is 0 Å². The summed E-state index contributed by atoms with van der Waals surface area (Å²) in [6, 6.07) is 4.48. The van der Waals surface area contributed by atoms with Crippen LogP contribution in [0.1, 0.15) is 38.1 Å². The molecule has 1 aliphatic rings. The molecular weight excluding hydrogens is 442 g/mol. The fourth-order valence-electron chi connectivity index (χ4n) is 3.26. The third kappa shape index (κ3) is 7.17. The first-order chi connectivity index (χ1) is 15.5. The van der Waals surface area contributed by atoms with E-state index in [-0.39, 0.29) is 11.3 Å². The van der Waals surface area contributed by atoms with E-state index in [1.165, 1.54) is 31.2 Å². The molecule has 33 heavy (non-hydrogen) atoms. The molecule has 1 amide bonds. The van der Waals surface area contributed by atoms with Gasteiger partial charge in [-0.15, -0.1) is 0 Å². The van der Waals surface area contributed by atoms with Gasteiger partial charge in [0.15, 0.2) is 12.2 Å². The molecule has 1 heterocycles. The largest absolute Gasteiger partial charge is 0.478 e. The molecular formula is C21H25NO11. The predicted molar refractivity (Wildman–Crippen MR) is 108 cm³/mol. The van der Waals surface area contributed by atoms with Crippen LogP contribution in [-0.2, 0) is 38.1 Å². The van der Waals surface area contributed by atoms with Gasteiger partial charge >= 0.3 is 23.9 Å². The van der Waals surface area contributed by atoms with Crippen molar-refractivity contribution in [2.75, 3.05) is 6.61 Å². The first-order valence-electron chi connectivity index (χ1n) is 9.89. The number of nitrogens with one attached hydrogen (secondary N) is 1. The van der Waals surface area contributed by atoms with E-state index in [4.69, 9.17) is 23.7 Å². The Labute approximate surface area is 189 Å². The van der Waals surface area contributed by atoms with Crippen LogP contribution in [0.25, 0.3) is 0 Å². The Balaban J connectivity index is 2.51. The highest BCUT2D eigenvalue weighted by Gasteiger charge is 2.52. The molecule has 0 aromatic heterocycles. The smallest absolute Gasteiger partial charge is 0.339 e. The van der Waals surface area contributed by atoms with Gasteiger partial charge in [-0.05, 0) is 12.1 Å². The molecule has 0 radical (unpaired) electrons. The topological polar surface area (TPSA) is 164 Å². The maximum absolute atomic E-state index is 11.9. The molecule has 2 N–H and O–H groups in total. The Bertz CT molecular complexity index is 915. The van der Waals surface area contributed by atoms with Crippen molar-refractivity contribution >= 4 is 29.8 Å². The fraction of sp³-hybridized carbons (Fsp3) is 0.476. The summed E-state index contributed by atoms with van der Waals surface area (Å²) < 4.78 is 27.2. The highest BCUT2D eigenvalue weighted by Crippen LogP contribution is 2.30. The predicted octanol–water partition coefficient (Wildman–Crippen LogP) is 0.420. The molecule has 0 saturated carbocycles. The van der Waals surface area contributed by atoms with Gasteiger partial charge in [-0.1, -0.05) is 12.1 Å². The maximum Gasteiger partial charge on any atom is 0.339 e. The molecule has 1 aliphatic heterocycles. The molecule has 12 heteroatoms. The Morgan fingerprint density at radius 1 is 0.939 bits per heavy atom. The number of carboxylic acid groups (broad SMARTS) is 1. The lowest BCUT2D eigenvalue weighted by Crippen LogP contribution is -2.67. The molecule has 0 aliphatic carbocycles. The highest BCUT2D eigenvalue weighted by molar-refractivity contribution is 5.90. The summed E-state index contributed by atoms with van der Waals surface area (Å²) in [6.45, 7) is 4.18. The Hall–Kier alpha value is -3.67. The van der Waals surface area contributed by atoms with E-state index in [0.717, 1.165) is 20.8 Å². The normalized spacial score (nSPS) is 24.2. The molecule has 12 nitrogen and oxygen atoms in total. The first-order valence-corrected chi connectivity index (χ1v) is 9.89. The molecule has 0 spiro atoms. The molecule has 2 rings (SSSR count). The monoisotopic (exact) mass is 467 g/mol. The second-order valence-electron chi connectivity index (χ2n) is 7.14. The number of carboxylic acids is 1. The van der Waals surface area contributed by atoms with Gasteiger partial charge < -0.3 is 34.1 Å². The number of carbonyl (C=O) groups excluding carboxylic acids is 4. The van der Waals surface area contributed by atoms with Crippen molar-refractivity contribution in [3.63, 3.8) is 0 Å². The minimum atomic E-state index is -1.41. The Kier molecular flexibility index (Phi) is 8.74. The fourth-order valence-corrected chi connectivity index (χ4v) is 3.26. The van der Waals surface area contributed by atoms with Crippen LogP contribution in [0.3, 0.4) is 0 Å². The average Bonchev–Trinajstić information content (AvgIpc) is 2.70. The number of hydrogen-bond donors (Lipinski definition) is 2. The van der Waals surface area contributed by atoms with Gasteiger partial charge in [-0.3, -0.25) is 19.2 Å². The lowest BCUT2D eigenvalue weighted by molar-refractivity contribution is -0.257. The van der Waals surface area contributed by atoms with E-state index >= 15 is 0 Å². The average molecular weight is 467 g/mol. The number of para-hydroxylation sites is 1. The van der Waals surface area contributed by atoms with E-state index in [1.807, 2.05) is 0 Å². The van der Waals surface area contributed by atoms with Crippen molar-refractivity contribution in [1.82, 2.24) is 5.32 Å². The van der Waals surface area contributed by atoms with E-state index in [1.54, 1.807) is 0 Å². The van der Waals surface area contributed by atoms with Crippen molar-refractivity contribution in [1.29, 1.82) is 0 Å². The van der Waals surface area contributed by atoms with Crippen LogP contribution in [0.2, 0.25) is 0 Å². The molecule has 1 fully saturated rings. The van der Waals surface area contributed by atoms with Crippen LogP contribution >= 0.6 is 0 Å². The number of esters is 3. The zero-order valence-electron chi connectivity index (χ0n) is 18.4. The molecule has 0 bridgehead atoms. The quantitative estimate of drug-likeness (QED) is 0.402. The highest BCUT2D eigenvalue weighted by atomic mass is 16.7. The van der Waals surface area contributed by atoms with Crippen molar-refractivity contribution in [3.05, 3.63) is 29.8 Å². The molecule has 1 aromatic carbocycles. The van der Waals surface area contributed by atoms with Gasteiger partial charge in [0.1, 0.15) is 30.1 Å². The lowest BCUT2D eigenvalue weighted by Gasteiger charge is -2.44. The molecule has 5 atom stereocenters. The number of ether oxygens (including phenoxy) is 5. The maximum atomic E-state index is 11.9. The van der Waals surface area contributed by atoms with Crippen LogP contribution in [0.5, 0.6) is 5.75 Å². The Morgan fingerprint density at radius 3 is 2.09 bits per heavy atom. The third-order valence-corrected chi connectivity index (χ3v) is 4.43. The van der Waals surface area contributed by atoms with E-state index < -0.39 is 67.0 Å². The van der Waals surface area contributed by atoms with Crippen LogP contribution in [-0.4, -0.2) is 72.1 Å². The van der Waals surface area contributed by atoms with E-state index in [9.17, 15) is 29.1 Å². The molecule has 1 aromatic rings. The zero-order chi connectivity index (χ0) is 24.7. The zero-order valence-corrected chi connectivity index (χ0v) is 18.4. The standard InChI is InChI=1S/C21H25NO11/c1-10(23)22-17-19(31-13(4)26)18(30-12(3)25)16(9-29-11(2)24)33-21(17)32-15-8-6-5-7-14(15)20(27)28/h5-8,16-19,21H,9H2,1-4H3,(H,22,23)(H,27,28)/t16-,17+,18-,19+,21-/m1/s1. The number of aromatic carboxylic acids is 1. The summed E-state index contributed by atoms with van der Waals surface area (Å²) in [5.74, 6) is -4.08. The lowest BCUT2D eigenvalue weighted by atomic mass is 9.96. The summed E-state index contributed by atoms with van der Waals surface area (Å²) in [5.41, 5.74) is -0.189. The SMILES string of the molecule is CC(=O)N[C@@H]1[C@H](Oc2ccccc2C(=O)O)O[C@H](COC(C)=O)[C@@H](OC(C)=O)[C@H]1OC(C)=O. The number of rotatable bonds is 8. The summed E-state index contributed by atoms with van der Waals surface area (Å²) in [5, 5.41) is 12.0. The number of carbonyl (C=O) groups is 5.